The van der Waals surface area contributed by atoms with Gasteiger partial charge in [-0.25, -0.2) is 0 Å². The molecule has 0 bridgehead atoms. The molecule has 0 aromatic carbocycles. The zero-order valence-electron chi connectivity index (χ0n) is 16.8. The molecule has 2 aliphatic rings. The summed E-state index contributed by atoms with van der Waals surface area (Å²) >= 11 is 0. The molecule has 0 N–H and O–H groups in total. The monoisotopic (exact) mass is 368 g/mol. The Bertz CT molecular complexity index is 442. The van der Waals surface area contributed by atoms with Crippen LogP contribution in [0.25, 0.3) is 0 Å². The van der Waals surface area contributed by atoms with Crippen molar-refractivity contribution in [1.82, 2.24) is 19.6 Å². The summed E-state index contributed by atoms with van der Waals surface area (Å²) in [6.07, 6.45) is 3.38. The Kier molecular flexibility index (Phi) is 8.81. The largest absolute Gasteiger partial charge is 0.466 e. The van der Waals surface area contributed by atoms with Crippen molar-refractivity contribution >= 4 is 11.9 Å². The molecule has 2 rings (SSSR count). The number of likely N-dealkylation sites (tertiary alicyclic amines) is 1. The fourth-order valence-corrected chi connectivity index (χ4v) is 3.67. The summed E-state index contributed by atoms with van der Waals surface area (Å²) in [5, 5.41) is 0. The lowest BCUT2D eigenvalue weighted by atomic mass is 10.0. The van der Waals surface area contributed by atoms with Crippen LogP contribution in [0.5, 0.6) is 0 Å². The molecular formula is C19H36N4O3. The number of piperidine rings is 1. The molecule has 7 heteroatoms. The van der Waals surface area contributed by atoms with Crippen molar-refractivity contribution in [3.63, 3.8) is 0 Å². The minimum absolute atomic E-state index is 0.0899. The van der Waals surface area contributed by atoms with Crippen molar-refractivity contribution in [2.75, 3.05) is 73.6 Å². The van der Waals surface area contributed by atoms with E-state index >= 15 is 0 Å². The number of carbonyl (C=O) groups is 2. The first-order valence-corrected chi connectivity index (χ1v) is 9.96. The smallest absolute Gasteiger partial charge is 0.306 e. The van der Waals surface area contributed by atoms with Crippen molar-refractivity contribution in [1.29, 1.82) is 0 Å². The molecule has 150 valence electrons. The van der Waals surface area contributed by atoms with Crippen LogP contribution in [0, 0.1) is 0 Å². The van der Waals surface area contributed by atoms with Crippen LogP contribution in [0.15, 0.2) is 0 Å². The van der Waals surface area contributed by atoms with Crippen LogP contribution < -0.4 is 0 Å². The van der Waals surface area contributed by atoms with Crippen LogP contribution in [0.1, 0.15) is 32.1 Å². The predicted molar refractivity (Wildman–Crippen MR) is 102 cm³/mol. The fourth-order valence-electron chi connectivity index (χ4n) is 3.67. The summed E-state index contributed by atoms with van der Waals surface area (Å²) in [5.41, 5.74) is 0. The average molecular weight is 369 g/mol. The lowest BCUT2D eigenvalue weighted by Crippen LogP contribution is -2.53. The maximum atomic E-state index is 12.3. The molecule has 2 saturated heterocycles. The van der Waals surface area contributed by atoms with Crippen LogP contribution in [0.3, 0.4) is 0 Å². The Morgan fingerprint density at radius 2 is 1.65 bits per heavy atom. The van der Waals surface area contributed by atoms with Crippen LogP contribution in [0.4, 0.5) is 0 Å². The number of nitrogens with zero attached hydrogens (tertiary/aromatic N) is 4. The molecule has 0 saturated carbocycles. The molecule has 0 radical (unpaired) electrons. The first kappa shape index (κ1) is 21.1. The van der Waals surface area contributed by atoms with Crippen molar-refractivity contribution in [3.05, 3.63) is 0 Å². The molecule has 0 atom stereocenters. The van der Waals surface area contributed by atoms with Gasteiger partial charge in [0.25, 0.3) is 0 Å². The number of hydrogen-bond donors (Lipinski definition) is 0. The van der Waals surface area contributed by atoms with E-state index in [1.54, 1.807) is 0 Å². The summed E-state index contributed by atoms with van der Waals surface area (Å²) in [5.74, 6) is -0.170. The van der Waals surface area contributed by atoms with Gasteiger partial charge in [-0.2, -0.15) is 0 Å². The van der Waals surface area contributed by atoms with Crippen LogP contribution in [-0.4, -0.2) is 111 Å². The Balaban J connectivity index is 1.58. The molecule has 0 aromatic heterocycles. The standard InChI is InChI=1S/C19H36N4O3/c1-20(2)9-4-16-26-19(25)6-5-18(24)23-10-7-17(8-11-23)22-14-12-21(3)13-15-22/h17H,4-16H2,1-3H3. The minimum Gasteiger partial charge on any atom is -0.466 e. The first-order valence-electron chi connectivity index (χ1n) is 9.96. The van der Waals surface area contributed by atoms with E-state index in [9.17, 15) is 9.59 Å². The average Bonchev–Trinajstić information content (AvgIpc) is 2.64. The Morgan fingerprint density at radius 3 is 2.27 bits per heavy atom. The number of ether oxygens (including phenoxy) is 1. The lowest BCUT2D eigenvalue weighted by molar-refractivity contribution is -0.146. The van der Waals surface area contributed by atoms with E-state index in [0.29, 0.717) is 12.6 Å². The van der Waals surface area contributed by atoms with E-state index in [1.165, 1.54) is 0 Å². The van der Waals surface area contributed by atoms with Crippen molar-refractivity contribution in [3.8, 4) is 0 Å². The molecule has 26 heavy (non-hydrogen) atoms. The molecular weight excluding hydrogens is 332 g/mol. The molecule has 2 aliphatic heterocycles. The minimum atomic E-state index is -0.260. The lowest BCUT2D eigenvalue weighted by Gasteiger charge is -2.42. The normalized spacial score (nSPS) is 20.5. The molecule has 2 heterocycles. The highest BCUT2D eigenvalue weighted by molar-refractivity contribution is 5.81. The van der Waals surface area contributed by atoms with Gasteiger partial charge in [-0.15, -0.1) is 0 Å². The molecule has 0 unspecified atom stereocenters. The van der Waals surface area contributed by atoms with E-state index in [4.69, 9.17) is 4.74 Å². The van der Waals surface area contributed by atoms with Crippen LogP contribution in [-0.2, 0) is 14.3 Å². The predicted octanol–water partition coefficient (Wildman–Crippen LogP) is 0.500. The highest BCUT2D eigenvalue weighted by Crippen LogP contribution is 2.19. The molecule has 7 nitrogen and oxygen atoms in total. The fraction of sp³-hybridized carbons (Fsp3) is 0.895. The molecule has 0 spiro atoms. The third kappa shape index (κ3) is 7.21. The van der Waals surface area contributed by atoms with Gasteiger partial charge in [-0.05, 0) is 40.4 Å². The van der Waals surface area contributed by atoms with E-state index in [1.807, 2.05) is 19.0 Å². The molecule has 1 amide bonds. The number of hydrogen-bond acceptors (Lipinski definition) is 6. The highest BCUT2D eigenvalue weighted by Gasteiger charge is 2.28. The van der Waals surface area contributed by atoms with E-state index in [2.05, 4.69) is 21.7 Å². The van der Waals surface area contributed by atoms with Crippen molar-refractivity contribution in [2.24, 2.45) is 0 Å². The SMILES string of the molecule is CN(C)CCCOC(=O)CCC(=O)N1CCC(N2CCN(C)CC2)CC1. The second-order valence-electron chi connectivity index (χ2n) is 7.83. The van der Waals surface area contributed by atoms with Gasteiger partial charge in [0, 0.05) is 58.3 Å². The van der Waals surface area contributed by atoms with Crippen LogP contribution >= 0.6 is 0 Å². The number of likely N-dealkylation sites (N-methyl/N-ethyl adjacent to an activating group) is 1. The number of amides is 1. The third-order valence-electron chi connectivity index (χ3n) is 5.43. The number of piperazine rings is 1. The maximum absolute atomic E-state index is 12.3. The van der Waals surface area contributed by atoms with Gasteiger partial charge in [-0.3, -0.25) is 14.5 Å². The number of esters is 1. The van der Waals surface area contributed by atoms with Gasteiger partial charge < -0.3 is 19.4 Å². The summed E-state index contributed by atoms with van der Waals surface area (Å²) in [6.45, 7) is 7.49. The van der Waals surface area contributed by atoms with Gasteiger partial charge in [-0.1, -0.05) is 0 Å². The van der Waals surface area contributed by atoms with Crippen LogP contribution in [0.2, 0.25) is 0 Å². The zero-order valence-corrected chi connectivity index (χ0v) is 16.8. The summed E-state index contributed by atoms with van der Waals surface area (Å²) < 4.78 is 5.19. The highest BCUT2D eigenvalue weighted by atomic mass is 16.5. The first-order chi connectivity index (χ1) is 12.5. The Morgan fingerprint density at radius 1 is 1.00 bits per heavy atom. The van der Waals surface area contributed by atoms with Crippen molar-refractivity contribution < 1.29 is 14.3 Å². The van der Waals surface area contributed by atoms with E-state index < -0.39 is 0 Å². The van der Waals surface area contributed by atoms with Gasteiger partial charge in [0.15, 0.2) is 0 Å². The third-order valence-corrected chi connectivity index (χ3v) is 5.43. The number of carbonyl (C=O) groups excluding carboxylic acids is 2. The molecule has 0 aliphatic carbocycles. The van der Waals surface area contributed by atoms with Gasteiger partial charge in [0.05, 0.1) is 13.0 Å². The van der Waals surface area contributed by atoms with Crippen molar-refractivity contribution in [2.45, 2.75) is 38.1 Å². The topological polar surface area (TPSA) is 56.3 Å². The quantitative estimate of drug-likeness (QED) is 0.459. The second kappa shape index (κ2) is 10.8. The second-order valence-corrected chi connectivity index (χ2v) is 7.83. The maximum Gasteiger partial charge on any atom is 0.306 e. The molecule has 0 aromatic rings. The van der Waals surface area contributed by atoms with Gasteiger partial charge in [0.1, 0.15) is 0 Å². The van der Waals surface area contributed by atoms with Gasteiger partial charge in [0.2, 0.25) is 5.91 Å². The van der Waals surface area contributed by atoms with E-state index in [-0.39, 0.29) is 24.7 Å². The summed E-state index contributed by atoms with van der Waals surface area (Å²) in [4.78, 5) is 33.0. The van der Waals surface area contributed by atoms with E-state index in [0.717, 1.165) is 65.1 Å². The molecule has 2 fully saturated rings. The Hall–Kier alpha value is -1.18. The number of rotatable bonds is 8. The Labute approximate surface area is 158 Å². The summed E-state index contributed by atoms with van der Waals surface area (Å²) in [6, 6.07) is 0.606. The van der Waals surface area contributed by atoms with Gasteiger partial charge >= 0.3 is 5.97 Å². The summed E-state index contributed by atoms with van der Waals surface area (Å²) in [7, 11) is 6.16. The zero-order chi connectivity index (χ0) is 18.9.